The quantitative estimate of drug-likeness (QED) is 0.851. The molecule has 1 heterocycles. The van der Waals surface area contributed by atoms with Gasteiger partial charge in [-0.1, -0.05) is 11.6 Å². The molecule has 0 bridgehead atoms. The third-order valence-electron chi connectivity index (χ3n) is 3.33. The highest BCUT2D eigenvalue weighted by atomic mass is 35.5. The first-order valence-corrected chi connectivity index (χ1v) is 8.87. The van der Waals surface area contributed by atoms with Gasteiger partial charge in [0.05, 0.1) is 34.3 Å². The number of carbonyl (C=O) groups excluding carboxylic acids is 1. The van der Waals surface area contributed by atoms with Crippen molar-refractivity contribution in [2.45, 2.75) is 18.6 Å². The molecule has 2 rings (SSSR count). The van der Waals surface area contributed by atoms with Crippen LogP contribution >= 0.6 is 11.6 Å². The van der Waals surface area contributed by atoms with Crippen LogP contribution in [0.15, 0.2) is 18.2 Å². The summed E-state index contributed by atoms with van der Waals surface area (Å²) in [5.74, 6) is -0.617. The Morgan fingerprint density at radius 1 is 1.35 bits per heavy atom. The summed E-state index contributed by atoms with van der Waals surface area (Å²) in [6, 6.07) is 2.28. The van der Waals surface area contributed by atoms with E-state index in [1.807, 2.05) is 0 Å². The van der Waals surface area contributed by atoms with Crippen molar-refractivity contribution in [2.24, 2.45) is 0 Å². The number of carbonyl (C=O) groups is 1. The first kappa shape index (κ1) is 17.9. The Morgan fingerprint density at radius 2 is 2.04 bits per heavy atom. The van der Waals surface area contributed by atoms with Crippen molar-refractivity contribution in [1.29, 1.82) is 0 Å². The van der Waals surface area contributed by atoms with Crippen LogP contribution in [-0.4, -0.2) is 38.4 Å². The molecule has 1 aliphatic heterocycles. The summed E-state index contributed by atoms with van der Waals surface area (Å²) in [6.45, 7) is -0.308. The van der Waals surface area contributed by atoms with Gasteiger partial charge in [-0.15, -0.1) is 0 Å². The molecule has 1 aromatic carbocycles. The molecule has 2 N–H and O–H groups in total. The summed E-state index contributed by atoms with van der Waals surface area (Å²) in [6.07, 6.45) is -4.18. The van der Waals surface area contributed by atoms with Gasteiger partial charge in [0.15, 0.2) is 9.84 Å². The number of rotatable bonds is 4. The normalized spacial score (nSPS) is 20.3. The van der Waals surface area contributed by atoms with Gasteiger partial charge in [0.1, 0.15) is 0 Å². The number of amides is 1. The van der Waals surface area contributed by atoms with E-state index in [0.29, 0.717) is 6.42 Å². The van der Waals surface area contributed by atoms with Crippen LogP contribution < -0.4 is 10.6 Å². The average Bonchev–Trinajstić information content (AvgIpc) is 2.75. The lowest BCUT2D eigenvalue weighted by Crippen LogP contribution is -2.39. The molecule has 1 amide bonds. The molecule has 5 nitrogen and oxygen atoms in total. The van der Waals surface area contributed by atoms with E-state index in [0.717, 1.165) is 18.2 Å². The zero-order valence-corrected chi connectivity index (χ0v) is 13.4. The summed E-state index contributed by atoms with van der Waals surface area (Å²) < 4.78 is 60.5. The summed E-state index contributed by atoms with van der Waals surface area (Å²) in [5, 5.41) is 5.10. The Kier molecular flexibility index (Phi) is 5.10. The van der Waals surface area contributed by atoms with Gasteiger partial charge >= 0.3 is 6.18 Å². The van der Waals surface area contributed by atoms with Crippen molar-refractivity contribution in [3.05, 3.63) is 28.8 Å². The minimum Gasteiger partial charge on any atom is -0.375 e. The van der Waals surface area contributed by atoms with E-state index in [4.69, 9.17) is 11.6 Å². The molecule has 128 valence electrons. The molecule has 1 saturated heterocycles. The molecule has 1 unspecified atom stereocenters. The molecule has 0 spiro atoms. The van der Waals surface area contributed by atoms with Crippen molar-refractivity contribution in [3.63, 3.8) is 0 Å². The van der Waals surface area contributed by atoms with E-state index in [1.54, 1.807) is 0 Å². The number of hydrogen-bond donors (Lipinski definition) is 2. The molecule has 1 atom stereocenters. The van der Waals surface area contributed by atoms with E-state index >= 15 is 0 Å². The van der Waals surface area contributed by atoms with E-state index in [2.05, 4.69) is 10.6 Å². The van der Waals surface area contributed by atoms with Gasteiger partial charge < -0.3 is 10.6 Å². The largest absolute Gasteiger partial charge is 0.416 e. The fourth-order valence-corrected chi connectivity index (χ4v) is 4.06. The van der Waals surface area contributed by atoms with Crippen LogP contribution in [0.2, 0.25) is 5.02 Å². The number of anilines is 1. The molecule has 0 saturated carbocycles. The Morgan fingerprint density at radius 3 is 2.61 bits per heavy atom. The zero-order valence-electron chi connectivity index (χ0n) is 11.8. The lowest BCUT2D eigenvalue weighted by molar-refractivity contribution is -0.137. The first-order chi connectivity index (χ1) is 10.6. The zero-order chi connectivity index (χ0) is 17.3. The van der Waals surface area contributed by atoms with E-state index in [-0.39, 0.29) is 28.8 Å². The van der Waals surface area contributed by atoms with Crippen LogP contribution in [0.25, 0.3) is 0 Å². The molecule has 23 heavy (non-hydrogen) atoms. The Balaban J connectivity index is 1.94. The van der Waals surface area contributed by atoms with Gasteiger partial charge in [0.2, 0.25) is 5.91 Å². The van der Waals surface area contributed by atoms with Gasteiger partial charge in [-0.3, -0.25) is 4.79 Å². The summed E-state index contributed by atoms with van der Waals surface area (Å²) in [5.41, 5.74) is -0.901. The Bertz CT molecular complexity index is 707. The number of benzene rings is 1. The minimum atomic E-state index is -4.51. The van der Waals surface area contributed by atoms with Crippen LogP contribution in [0.1, 0.15) is 12.0 Å². The second kappa shape index (κ2) is 6.56. The third kappa shape index (κ3) is 5.00. The van der Waals surface area contributed by atoms with Crippen LogP contribution in [0.4, 0.5) is 18.9 Å². The standard InChI is InChI=1S/C13H14ClF3N2O3S/c14-10-2-1-8(13(15,16)17)5-11(10)18-6-12(20)19-9-3-4-23(21,22)7-9/h1-2,5,9,18H,3-4,6-7H2,(H,19,20). The van der Waals surface area contributed by atoms with Gasteiger partial charge in [-0.2, -0.15) is 13.2 Å². The van der Waals surface area contributed by atoms with Crippen LogP contribution in [0.5, 0.6) is 0 Å². The highest BCUT2D eigenvalue weighted by Crippen LogP contribution is 2.33. The van der Waals surface area contributed by atoms with Crippen LogP contribution in [0, 0.1) is 0 Å². The summed E-state index contributed by atoms with van der Waals surface area (Å²) in [7, 11) is -3.12. The maximum Gasteiger partial charge on any atom is 0.416 e. The number of halogens is 4. The predicted octanol–water partition coefficient (Wildman–Crippen LogP) is 2.07. The van der Waals surface area contributed by atoms with Gasteiger partial charge in [0, 0.05) is 6.04 Å². The molecule has 1 aromatic rings. The molecule has 10 heteroatoms. The van der Waals surface area contributed by atoms with Gasteiger partial charge in [-0.05, 0) is 24.6 Å². The minimum absolute atomic E-state index is 0.0179. The number of alkyl halides is 3. The molecule has 0 radical (unpaired) electrons. The van der Waals surface area contributed by atoms with Crippen molar-refractivity contribution < 1.29 is 26.4 Å². The Labute approximate surface area is 136 Å². The van der Waals surface area contributed by atoms with Crippen molar-refractivity contribution in [3.8, 4) is 0 Å². The lowest BCUT2D eigenvalue weighted by Gasteiger charge is -2.14. The topological polar surface area (TPSA) is 75.3 Å². The average molecular weight is 371 g/mol. The summed E-state index contributed by atoms with van der Waals surface area (Å²) >= 11 is 5.80. The first-order valence-electron chi connectivity index (χ1n) is 6.67. The van der Waals surface area contributed by atoms with E-state index in [9.17, 15) is 26.4 Å². The van der Waals surface area contributed by atoms with Crippen molar-refractivity contribution in [1.82, 2.24) is 5.32 Å². The van der Waals surface area contributed by atoms with Gasteiger partial charge in [-0.25, -0.2) is 8.42 Å². The number of hydrogen-bond acceptors (Lipinski definition) is 4. The molecular formula is C13H14ClF3N2O3S. The van der Waals surface area contributed by atoms with Gasteiger partial charge in [0.25, 0.3) is 0 Å². The second-order valence-corrected chi connectivity index (χ2v) is 7.85. The monoisotopic (exact) mass is 370 g/mol. The van der Waals surface area contributed by atoms with Crippen LogP contribution in [-0.2, 0) is 20.8 Å². The van der Waals surface area contributed by atoms with Crippen LogP contribution in [0.3, 0.4) is 0 Å². The van der Waals surface area contributed by atoms with E-state index in [1.165, 1.54) is 0 Å². The maximum absolute atomic E-state index is 12.6. The Hall–Kier alpha value is -1.48. The SMILES string of the molecule is O=C(CNc1cc(C(F)(F)F)ccc1Cl)NC1CCS(=O)(=O)C1. The second-order valence-electron chi connectivity index (χ2n) is 5.21. The highest BCUT2D eigenvalue weighted by Gasteiger charge is 2.31. The van der Waals surface area contributed by atoms with Crippen molar-refractivity contribution in [2.75, 3.05) is 23.4 Å². The molecule has 0 aliphatic carbocycles. The lowest BCUT2D eigenvalue weighted by atomic mass is 10.2. The maximum atomic E-state index is 12.6. The smallest absolute Gasteiger partial charge is 0.375 e. The van der Waals surface area contributed by atoms with E-state index < -0.39 is 33.5 Å². The predicted molar refractivity (Wildman–Crippen MR) is 80.1 cm³/mol. The fourth-order valence-electron chi connectivity index (χ4n) is 2.20. The highest BCUT2D eigenvalue weighted by molar-refractivity contribution is 7.91. The number of sulfone groups is 1. The number of nitrogens with one attached hydrogen (secondary N) is 2. The molecule has 1 fully saturated rings. The molecule has 0 aromatic heterocycles. The fraction of sp³-hybridized carbons (Fsp3) is 0.462. The summed E-state index contributed by atoms with van der Waals surface area (Å²) in [4.78, 5) is 11.7. The molecule has 1 aliphatic rings. The third-order valence-corrected chi connectivity index (χ3v) is 5.43. The van der Waals surface area contributed by atoms with Crippen molar-refractivity contribution >= 4 is 33.0 Å². The molecular weight excluding hydrogens is 357 g/mol.